The molecule has 0 aliphatic rings. The number of benzene rings is 1. The van der Waals surface area contributed by atoms with Gasteiger partial charge in [-0.1, -0.05) is 24.0 Å². The fourth-order valence-electron chi connectivity index (χ4n) is 1.12. The van der Waals surface area contributed by atoms with Crippen LogP contribution in [0.15, 0.2) is 24.3 Å². The van der Waals surface area contributed by atoms with Crippen molar-refractivity contribution in [2.24, 2.45) is 0 Å². The summed E-state index contributed by atoms with van der Waals surface area (Å²) in [6.45, 7) is 0. The van der Waals surface area contributed by atoms with Crippen molar-refractivity contribution in [1.82, 2.24) is 5.32 Å². The summed E-state index contributed by atoms with van der Waals surface area (Å²) in [7, 11) is 1.63. The van der Waals surface area contributed by atoms with Gasteiger partial charge in [0, 0.05) is 12.6 Å². The van der Waals surface area contributed by atoms with E-state index in [-0.39, 0.29) is 5.91 Å². The average Bonchev–Trinajstić information content (AvgIpc) is 2.28. The molecule has 0 aromatic heterocycles. The number of alkyl halides is 1. The number of rotatable bonds is 2. The first-order valence-electron chi connectivity index (χ1n) is 4.60. The first-order valence-corrected chi connectivity index (χ1v) is 5.14. The van der Waals surface area contributed by atoms with Crippen LogP contribution in [0.4, 0.5) is 0 Å². The fraction of sp³-hybridized carbons (Fsp3) is 0.250. The third kappa shape index (κ3) is 4.05. The van der Waals surface area contributed by atoms with Crippen LogP contribution < -0.4 is 5.32 Å². The van der Waals surface area contributed by atoms with Gasteiger partial charge in [-0.15, -0.1) is 11.6 Å². The Bertz CT molecular complexity index is 386. The number of amides is 1. The lowest BCUT2D eigenvalue weighted by Gasteiger charge is -1.99. The predicted octanol–water partition coefficient (Wildman–Crippen LogP) is 1.57. The Morgan fingerprint density at radius 3 is 2.60 bits per heavy atom. The Balaban J connectivity index is 2.68. The average molecular weight is 222 g/mol. The molecular weight excluding hydrogens is 210 g/mol. The van der Waals surface area contributed by atoms with Crippen molar-refractivity contribution in [3.63, 3.8) is 0 Å². The topological polar surface area (TPSA) is 29.1 Å². The van der Waals surface area contributed by atoms with E-state index in [1.807, 2.05) is 24.3 Å². The van der Waals surface area contributed by atoms with Crippen LogP contribution in [0.5, 0.6) is 0 Å². The van der Waals surface area contributed by atoms with Crippen molar-refractivity contribution in [3.05, 3.63) is 35.4 Å². The molecule has 0 saturated heterocycles. The van der Waals surface area contributed by atoms with Crippen LogP contribution in [0.3, 0.4) is 0 Å². The standard InChI is InChI=1S/C12H12ClNO/c1-14-12(15)9-11-6-4-10(5-7-11)3-2-8-13/h4-7H,8-9H2,1H3,(H,14,15). The lowest BCUT2D eigenvalue weighted by molar-refractivity contribution is -0.119. The molecule has 1 rings (SSSR count). The lowest BCUT2D eigenvalue weighted by atomic mass is 10.1. The first kappa shape index (κ1) is 11.6. The Morgan fingerprint density at radius 2 is 2.07 bits per heavy atom. The predicted molar refractivity (Wildman–Crippen MR) is 61.8 cm³/mol. The van der Waals surface area contributed by atoms with E-state index < -0.39 is 0 Å². The largest absolute Gasteiger partial charge is 0.359 e. The van der Waals surface area contributed by atoms with Crippen LogP contribution in [-0.2, 0) is 11.2 Å². The minimum atomic E-state index is 0.00888. The second kappa shape index (κ2) is 6.10. The SMILES string of the molecule is CNC(=O)Cc1ccc(C#CCCl)cc1. The Morgan fingerprint density at radius 1 is 1.40 bits per heavy atom. The van der Waals surface area contributed by atoms with Gasteiger partial charge in [0.1, 0.15) is 0 Å². The minimum Gasteiger partial charge on any atom is -0.359 e. The molecule has 0 aliphatic carbocycles. The maximum Gasteiger partial charge on any atom is 0.224 e. The molecule has 0 radical (unpaired) electrons. The highest BCUT2D eigenvalue weighted by atomic mass is 35.5. The molecule has 0 fully saturated rings. The summed E-state index contributed by atoms with van der Waals surface area (Å²) in [6.07, 6.45) is 0.402. The van der Waals surface area contributed by atoms with Crippen LogP contribution in [0.2, 0.25) is 0 Å². The summed E-state index contributed by atoms with van der Waals surface area (Å²) in [4.78, 5) is 11.1. The zero-order valence-corrected chi connectivity index (χ0v) is 9.27. The van der Waals surface area contributed by atoms with Crippen LogP contribution in [-0.4, -0.2) is 18.8 Å². The molecule has 78 valence electrons. The van der Waals surface area contributed by atoms with Crippen molar-refractivity contribution < 1.29 is 4.79 Å². The Labute approximate surface area is 94.6 Å². The molecule has 1 aromatic rings. The van der Waals surface area contributed by atoms with Gasteiger partial charge < -0.3 is 5.32 Å². The van der Waals surface area contributed by atoms with Gasteiger partial charge in [0.05, 0.1) is 12.3 Å². The maximum atomic E-state index is 11.1. The van der Waals surface area contributed by atoms with Gasteiger partial charge in [-0.05, 0) is 17.7 Å². The maximum absolute atomic E-state index is 11.1. The van der Waals surface area contributed by atoms with Crippen LogP contribution >= 0.6 is 11.6 Å². The highest BCUT2D eigenvalue weighted by molar-refractivity contribution is 6.19. The molecule has 0 spiro atoms. The van der Waals surface area contributed by atoms with Gasteiger partial charge in [-0.25, -0.2) is 0 Å². The molecule has 0 aliphatic heterocycles. The Hall–Kier alpha value is -1.46. The molecule has 1 amide bonds. The van der Waals surface area contributed by atoms with E-state index in [4.69, 9.17) is 11.6 Å². The molecule has 1 N–H and O–H groups in total. The van der Waals surface area contributed by atoms with E-state index in [0.29, 0.717) is 12.3 Å². The van der Waals surface area contributed by atoms with Crippen LogP contribution in [0, 0.1) is 11.8 Å². The summed E-state index contributed by atoms with van der Waals surface area (Å²) in [5.74, 6) is 6.02. The second-order valence-electron chi connectivity index (χ2n) is 2.98. The third-order valence-electron chi connectivity index (χ3n) is 1.90. The first-order chi connectivity index (χ1) is 7.26. The van der Waals surface area contributed by atoms with Crippen molar-refractivity contribution in [2.45, 2.75) is 6.42 Å². The van der Waals surface area contributed by atoms with E-state index in [2.05, 4.69) is 17.2 Å². The minimum absolute atomic E-state index is 0.00888. The highest BCUT2D eigenvalue weighted by Crippen LogP contribution is 2.04. The van der Waals surface area contributed by atoms with Gasteiger partial charge in [0.2, 0.25) is 5.91 Å². The summed E-state index contributed by atoms with van der Waals surface area (Å²) >= 11 is 5.44. The molecule has 1 aromatic carbocycles. The molecule has 0 heterocycles. The third-order valence-corrected chi connectivity index (χ3v) is 2.03. The second-order valence-corrected chi connectivity index (χ2v) is 3.25. The number of nitrogens with one attached hydrogen (secondary N) is 1. The molecule has 15 heavy (non-hydrogen) atoms. The summed E-state index contributed by atoms with van der Waals surface area (Å²) in [5, 5.41) is 2.58. The zero-order valence-electron chi connectivity index (χ0n) is 8.51. The lowest BCUT2D eigenvalue weighted by Crippen LogP contribution is -2.19. The Kier molecular flexibility index (Phi) is 4.73. The van der Waals surface area contributed by atoms with Crippen molar-refractivity contribution >= 4 is 17.5 Å². The molecular formula is C12H12ClNO. The van der Waals surface area contributed by atoms with E-state index in [0.717, 1.165) is 11.1 Å². The molecule has 3 heteroatoms. The van der Waals surface area contributed by atoms with Gasteiger partial charge >= 0.3 is 0 Å². The molecule has 0 saturated carbocycles. The van der Waals surface area contributed by atoms with Crippen molar-refractivity contribution in [1.29, 1.82) is 0 Å². The molecule has 0 bridgehead atoms. The van der Waals surface area contributed by atoms with Crippen LogP contribution in [0.25, 0.3) is 0 Å². The summed E-state index contributed by atoms with van der Waals surface area (Å²) in [6, 6.07) is 7.57. The number of likely N-dealkylation sites (N-methyl/N-ethyl adjacent to an activating group) is 1. The van der Waals surface area contributed by atoms with E-state index in [1.165, 1.54) is 0 Å². The monoisotopic (exact) mass is 221 g/mol. The van der Waals surface area contributed by atoms with Crippen molar-refractivity contribution in [3.8, 4) is 11.8 Å². The molecule has 0 atom stereocenters. The van der Waals surface area contributed by atoms with E-state index >= 15 is 0 Å². The summed E-state index contributed by atoms with van der Waals surface area (Å²) in [5.41, 5.74) is 1.89. The fourth-order valence-corrected chi connectivity index (χ4v) is 1.18. The quantitative estimate of drug-likeness (QED) is 0.596. The smallest absolute Gasteiger partial charge is 0.224 e. The van der Waals surface area contributed by atoms with Crippen molar-refractivity contribution in [2.75, 3.05) is 12.9 Å². The van der Waals surface area contributed by atoms with Gasteiger partial charge in [0.25, 0.3) is 0 Å². The zero-order chi connectivity index (χ0) is 11.1. The van der Waals surface area contributed by atoms with Gasteiger partial charge in [0.15, 0.2) is 0 Å². The normalized spacial score (nSPS) is 8.93. The molecule has 0 unspecified atom stereocenters. The number of hydrogen-bond acceptors (Lipinski definition) is 1. The molecule has 2 nitrogen and oxygen atoms in total. The van der Waals surface area contributed by atoms with Gasteiger partial charge in [-0.3, -0.25) is 4.79 Å². The van der Waals surface area contributed by atoms with E-state index in [1.54, 1.807) is 7.05 Å². The number of carbonyl (C=O) groups excluding carboxylic acids is 1. The number of hydrogen-bond donors (Lipinski definition) is 1. The number of carbonyl (C=O) groups is 1. The van der Waals surface area contributed by atoms with Crippen LogP contribution in [0.1, 0.15) is 11.1 Å². The highest BCUT2D eigenvalue weighted by Gasteiger charge is 1.99. The van der Waals surface area contributed by atoms with Gasteiger partial charge in [-0.2, -0.15) is 0 Å². The van der Waals surface area contributed by atoms with E-state index in [9.17, 15) is 4.79 Å². The number of halogens is 1. The summed E-state index contributed by atoms with van der Waals surface area (Å²) < 4.78 is 0.